The van der Waals surface area contributed by atoms with E-state index in [0.29, 0.717) is 24.1 Å². The smallest absolute Gasteiger partial charge is 0.227 e. The van der Waals surface area contributed by atoms with Crippen molar-refractivity contribution >= 4 is 11.6 Å². The van der Waals surface area contributed by atoms with Gasteiger partial charge in [-0.05, 0) is 37.5 Å². The van der Waals surface area contributed by atoms with Crippen LogP contribution in [0, 0.1) is 11.8 Å². The molecule has 0 saturated heterocycles. The van der Waals surface area contributed by atoms with Crippen LogP contribution in [0.3, 0.4) is 0 Å². The van der Waals surface area contributed by atoms with Crippen LogP contribution in [-0.2, 0) is 6.42 Å². The quantitative estimate of drug-likeness (QED) is 0.770. The summed E-state index contributed by atoms with van der Waals surface area (Å²) in [4.78, 5) is 4.43. The fourth-order valence-corrected chi connectivity index (χ4v) is 2.82. The van der Waals surface area contributed by atoms with Crippen molar-refractivity contribution in [3.05, 3.63) is 11.7 Å². The van der Waals surface area contributed by atoms with Crippen LogP contribution in [-0.4, -0.2) is 16.0 Å². The lowest BCUT2D eigenvalue weighted by Gasteiger charge is -2.29. The third-order valence-electron chi connectivity index (χ3n) is 3.87. The molecule has 0 aliphatic heterocycles. The molecule has 1 saturated carbocycles. The lowest BCUT2D eigenvalue weighted by atomic mass is 9.77. The first kappa shape index (κ1) is 12.9. The van der Waals surface area contributed by atoms with Gasteiger partial charge in [0.1, 0.15) is 0 Å². The summed E-state index contributed by atoms with van der Waals surface area (Å²) in [5.41, 5.74) is 0. The molecule has 1 aromatic heterocycles. The van der Waals surface area contributed by atoms with Crippen molar-refractivity contribution < 1.29 is 4.52 Å². The molecule has 17 heavy (non-hydrogen) atoms. The number of aryl methyl sites for hydroxylation is 1. The van der Waals surface area contributed by atoms with Crippen molar-refractivity contribution in [3.8, 4) is 0 Å². The highest BCUT2D eigenvalue weighted by molar-refractivity contribution is 6.17. The average molecular weight is 257 g/mol. The highest BCUT2D eigenvalue weighted by Crippen LogP contribution is 2.37. The molecular weight excluding hydrogens is 236 g/mol. The molecule has 1 aromatic rings. The highest BCUT2D eigenvalue weighted by Gasteiger charge is 2.27. The van der Waals surface area contributed by atoms with Gasteiger partial charge in [-0.1, -0.05) is 19.0 Å². The largest absolute Gasteiger partial charge is 0.339 e. The molecule has 0 bridgehead atoms. The predicted octanol–water partition coefficient (Wildman–Crippen LogP) is 3.78. The maximum Gasteiger partial charge on any atom is 0.227 e. The van der Waals surface area contributed by atoms with Gasteiger partial charge in [0, 0.05) is 18.2 Å². The summed E-state index contributed by atoms with van der Waals surface area (Å²) in [6.45, 7) is 4.63. The Bertz CT molecular complexity index is 343. The van der Waals surface area contributed by atoms with Crippen LogP contribution in [0.2, 0.25) is 0 Å². The Kier molecular flexibility index (Phi) is 4.43. The van der Waals surface area contributed by atoms with Crippen LogP contribution in [0.5, 0.6) is 0 Å². The molecule has 1 aliphatic rings. The maximum absolute atomic E-state index is 5.66. The van der Waals surface area contributed by atoms with E-state index in [1.807, 2.05) is 0 Å². The summed E-state index contributed by atoms with van der Waals surface area (Å²) in [5.74, 6) is 4.29. The topological polar surface area (TPSA) is 38.9 Å². The Morgan fingerprint density at radius 2 is 2.00 bits per heavy atom. The van der Waals surface area contributed by atoms with Crippen molar-refractivity contribution in [2.45, 2.75) is 51.9 Å². The fourth-order valence-electron chi connectivity index (χ4n) is 2.66. The number of aromatic nitrogens is 2. The molecule has 0 unspecified atom stereocenters. The summed E-state index contributed by atoms with van der Waals surface area (Å²) >= 11 is 5.66. The fraction of sp³-hybridized carbons (Fsp3) is 0.846. The van der Waals surface area contributed by atoms with Crippen molar-refractivity contribution in [2.75, 3.05) is 5.88 Å². The van der Waals surface area contributed by atoms with E-state index in [2.05, 4.69) is 24.0 Å². The van der Waals surface area contributed by atoms with Crippen LogP contribution in [0.15, 0.2) is 4.52 Å². The van der Waals surface area contributed by atoms with Gasteiger partial charge in [-0.25, -0.2) is 0 Å². The SMILES string of the molecule is CC(C)C1CCC(c2noc(CCCl)n2)CC1. The summed E-state index contributed by atoms with van der Waals surface area (Å²) < 4.78 is 5.19. The van der Waals surface area contributed by atoms with Gasteiger partial charge in [0.05, 0.1) is 0 Å². The number of nitrogens with zero attached hydrogens (tertiary/aromatic N) is 2. The van der Waals surface area contributed by atoms with Gasteiger partial charge in [-0.15, -0.1) is 11.6 Å². The van der Waals surface area contributed by atoms with Crippen molar-refractivity contribution in [3.63, 3.8) is 0 Å². The Hall–Kier alpha value is -0.570. The minimum absolute atomic E-state index is 0.498. The Balaban J connectivity index is 1.91. The molecule has 96 valence electrons. The van der Waals surface area contributed by atoms with E-state index < -0.39 is 0 Å². The van der Waals surface area contributed by atoms with E-state index in [-0.39, 0.29) is 0 Å². The Morgan fingerprint density at radius 1 is 1.29 bits per heavy atom. The second-order valence-electron chi connectivity index (χ2n) is 5.34. The van der Waals surface area contributed by atoms with Gasteiger partial charge in [-0.2, -0.15) is 4.98 Å². The van der Waals surface area contributed by atoms with Crippen molar-refractivity contribution in [1.82, 2.24) is 10.1 Å². The molecule has 0 atom stereocenters. The molecule has 2 rings (SSSR count). The zero-order valence-corrected chi connectivity index (χ0v) is 11.4. The van der Waals surface area contributed by atoms with Crippen LogP contribution in [0.1, 0.15) is 57.2 Å². The van der Waals surface area contributed by atoms with E-state index in [9.17, 15) is 0 Å². The summed E-state index contributed by atoms with van der Waals surface area (Å²) in [6, 6.07) is 0. The molecule has 3 nitrogen and oxygen atoms in total. The molecule has 0 aromatic carbocycles. The molecule has 0 amide bonds. The van der Waals surface area contributed by atoms with Gasteiger partial charge in [-0.3, -0.25) is 0 Å². The second-order valence-corrected chi connectivity index (χ2v) is 5.72. The maximum atomic E-state index is 5.66. The number of hydrogen-bond acceptors (Lipinski definition) is 3. The Labute approximate surface area is 108 Å². The zero-order chi connectivity index (χ0) is 12.3. The molecule has 0 N–H and O–H groups in total. The molecule has 0 radical (unpaired) electrons. The van der Waals surface area contributed by atoms with Crippen molar-refractivity contribution in [1.29, 1.82) is 0 Å². The highest BCUT2D eigenvalue weighted by atomic mass is 35.5. The van der Waals surface area contributed by atoms with Crippen LogP contribution in [0.25, 0.3) is 0 Å². The van der Waals surface area contributed by atoms with E-state index >= 15 is 0 Å². The lowest BCUT2D eigenvalue weighted by molar-refractivity contribution is 0.251. The summed E-state index contributed by atoms with van der Waals surface area (Å²) in [5, 5.41) is 4.08. The minimum Gasteiger partial charge on any atom is -0.339 e. The Morgan fingerprint density at radius 3 is 2.59 bits per heavy atom. The summed E-state index contributed by atoms with van der Waals surface area (Å²) in [6.07, 6.45) is 5.66. The van der Waals surface area contributed by atoms with Gasteiger partial charge >= 0.3 is 0 Å². The zero-order valence-electron chi connectivity index (χ0n) is 10.7. The van der Waals surface area contributed by atoms with E-state index in [4.69, 9.17) is 16.1 Å². The minimum atomic E-state index is 0.498. The normalized spacial score (nSPS) is 25.4. The monoisotopic (exact) mass is 256 g/mol. The predicted molar refractivity (Wildman–Crippen MR) is 68.3 cm³/mol. The molecule has 0 spiro atoms. The summed E-state index contributed by atoms with van der Waals surface area (Å²) in [7, 11) is 0. The van der Waals surface area contributed by atoms with E-state index in [1.54, 1.807) is 0 Å². The van der Waals surface area contributed by atoms with Crippen LogP contribution < -0.4 is 0 Å². The first-order valence-corrected chi connectivity index (χ1v) is 7.12. The lowest BCUT2D eigenvalue weighted by Crippen LogP contribution is -2.18. The third-order valence-corrected chi connectivity index (χ3v) is 4.06. The molecular formula is C13H21ClN2O. The van der Waals surface area contributed by atoms with E-state index in [0.717, 1.165) is 17.7 Å². The molecule has 1 aliphatic carbocycles. The standard InChI is InChI=1S/C13H21ClN2O/c1-9(2)10-3-5-11(6-4-10)13-15-12(7-8-14)17-16-13/h9-11H,3-8H2,1-2H3. The van der Waals surface area contributed by atoms with E-state index in [1.165, 1.54) is 25.7 Å². The van der Waals surface area contributed by atoms with Gasteiger partial charge in [0.15, 0.2) is 5.82 Å². The third kappa shape index (κ3) is 3.21. The van der Waals surface area contributed by atoms with Gasteiger partial charge < -0.3 is 4.52 Å². The number of halogens is 1. The first-order chi connectivity index (χ1) is 8.20. The van der Waals surface area contributed by atoms with Crippen LogP contribution >= 0.6 is 11.6 Å². The van der Waals surface area contributed by atoms with Gasteiger partial charge in [0.2, 0.25) is 5.89 Å². The number of hydrogen-bond donors (Lipinski definition) is 0. The molecule has 4 heteroatoms. The van der Waals surface area contributed by atoms with Gasteiger partial charge in [0.25, 0.3) is 0 Å². The number of alkyl halides is 1. The average Bonchev–Trinajstić information content (AvgIpc) is 2.78. The number of rotatable bonds is 4. The molecule has 1 fully saturated rings. The van der Waals surface area contributed by atoms with Crippen LogP contribution in [0.4, 0.5) is 0 Å². The van der Waals surface area contributed by atoms with Crippen molar-refractivity contribution in [2.24, 2.45) is 11.8 Å². The second kappa shape index (κ2) is 5.85. The molecule has 1 heterocycles. The first-order valence-electron chi connectivity index (χ1n) is 6.59.